The summed E-state index contributed by atoms with van der Waals surface area (Å²) in [6.07, 6.45) is 4.09. The lowest BCUT2D eigenvalue weighted by Gasteiger charge is -2.26. The average Bonchev–Trinajstić information content (AvgIpc) is 3.10. The van der Waals surface area contributed by atoms with Crippen molar-refractivity contribution in [1.29, 1.82) is 0 Å². The number of carbonyl (C=O) groups is 2. The molecule has 1 aromatic heterocycles. The molecule has 0 radical (unpaired) electrons. The molecule has 3 rings (SSSR count). The maximum Gasteiger partial charge on any atom is 0.257 e. The molecule has 2 heterocycles. The molecule has 2 amide bonds. The minimum absolute atomic E-state index is 0.0158. The van der Waals surface area contributed by atoms with E-state index in [2.05, 4.69) is 10.2 Å². The monoisotopic (exact) mass is 411 g/mol. The van der Waals surface area contributed by atoms with E-state index in [9.17, 15) is 9.59 Å². The number of hydrogen-bond donors (Lipinski definition) is 1. The highest BCUT2D eigenvalue weighted by atomic mass is 16.3. The lowest BCUT2D eigenvalue weighted by atomic mass is 10.1. The fraction of sp³-hybridized carbons (Fsp3) is 0.500. The van der Waals surface area contributed by atoms with Gasteiger partial charge in [-0.15, -0.1) is 0 Å². The van der Waals surface area contributed by atoms with Crippen LogP contribution in [0.5, 0.6) is 0 Å². The third kappa shape index (κ3) is 6.46. The number of nitrogens with one attached hydrogen (secondary N) is 1. The number of furan rings is 1. The number of piperidine rings is 1. The Bertz CT molecular complexity index is 825. The highest BCUT2D eigenvalue weighted by Gasteiger charge is 2.21. The molecule has 1 N–H and O–H groups in total. The lowest BCUT2D eigenvalue weighted by molar-refractivity contribution is -0.121. The van der Waals surface area contributed by atoms with Crippen LogP contribution in [0.25, 0.3) is 0 Å². The zero-order valence-corrected chi connectivity index (χ0v) is 18.2. The highest BCUT2D eigenvalue weighted by molar-refractivity contribution is 5.95. The van der Waals surface area contributed by atoms with E-state index in [0.717, 1.165) is 25.2 Å². The van der Waals surface area contributed by atoms with Crippen LogP contribution in [0.1, 0.15) is 53.1 Å². The van der Waals surface area contributed by atoms with Crippen molar-refractivity contribution in [3.63, 3.8) is 0 Å². The predicted molar refractivity (Wildman–Crippen MR) is 117 cm³/mol. The number of hydrogen-bond acceptors (Lipinski definition) is 4. The molecule has 0 saturated carbocycles. The third-order valence-corrected chi connectivity index (χ3v) is 5.58. The molecule has 162 valence electrons. The Morgan fingerprint density at radius 1 is 1.10 bits per heavy atom. The molecule has 6 nitrogen and oxygen atoms in total. The SMILES string of the molecule is Cc1cc(C(=O)N(CCC(=O)NCCN2CCCCC2)Cc2ccccc2)c(C)o1. The van der Waals surface area contributed by atoms with E-state index in [4.69, 9.17) is 4.42 Å². The first-order valence-electron chi connectivity index (χ1n) is 10.9. The van der Waals surface area contributed by atoms with Crippen LogP contribution in [0.3, 0.4) is 0 Å². The van der Waals surface area contributed by atoms with Crippen molar-refractivity contribution in [2.75, 3.05) is 32.7 Å². The quantitative estimate of drug-likeness (QED) is 0.686. The predicted octanol–water partition coefficient (Wildman–Crippen LogP) is 3.53. The minimum atomic E-state index is -0.102. The van der Waals surface area contributed by atoms with Crippen molar-refractivity contribution in [1.82, 2.24) is 15.1 Å². The second-order valence-electron chi connectivity index (χ2n) is 8.04. The number of benzene rings is 1. The summed E-state index contributed by atoms with van der Waals surface area (Å²) >= 11 is 0. The fourth-order valence-corrected chi connectivity index (χ4v) is 3.93. The highest BCUT2D eigenvalue weighted by Crippen LogP contribution is 2.18. The van der Waals surface area contributed by atoms with Gasteiger partial charge in [0.2, 0.25) is 5.91 Å². The van der Waals surface area contributed by atoms with Gasteiger partial charge in [-0.1, -0.05) is 36.8 Å². The van der Waals surface area contributed by atoms with Gasteiger partial charge in [-0.05, 0) is 51.4 Å². The molecular weight excluding hydrogens is 378 g/mol. The first-order valence-corrected chi connectivity index (χ1v) is 10.9. The summed E-state index contributed by atoms with van der Waals surface area (Å²) in [7, 11) is 0. The Morgan fingerprint density at radius 2 is 1.83 bits per heavy atom. The normalized spacial score (nSPS) is 14.5. The number of rotatable bonds is 9. The van der Waals surface area contributed by atoms with Crippen LogP contribution in [-0.4, -0.2) is 54.3 Å². The first kappa shape index (κ1) is 22.1. The second kappa shape index (κ2) is 11.0. The molecule has 0 aliphatic carbocycles. The third-order valence-electron chi connectivity index (χ3n) is 5.58. The molecule has 2 aromatic rings. The molecule has 1 aromatic carbocycles. The summed E-state index contributed by atoms with van der Waals surface area (Å²) < 4.78 is 5.54. The van der Waals surface area contributed by atoms with E-state index in [0.29, 0.717) is 36.7 Å². The molecule has 1 aliphatic heterocycles. The Labute approximate surface area is 179 Å². The van der Waals surface area contributed by atoms with E-state index in [1.807, 2.05) is 37.3 Å². The molecule has 0 spiro atoms. The van der Waals surface area contributed by atoms with E-state index in [-0.39, 0.29) is 18.2 Å². The molecule has 30 heavy (non-hydrogen) atoms. The maximum atomic E-state index is 13.1. The summed E-state index contributed by atoms with van der Waals surface area (Å²) in [5.41, 5.74) is 1.60. The van der Waals surface area contributed by atoms with Gasteiger partial charge in [0.25, 0.3) is 5.91 Å². The zero-order chi connectivity index (χ0) is 21.3. The van der Waals surface area contributed by atoms with Gasteiger partial charge in [0.1, 0.15) is 11.5 Å². The summed E-state index contributed by atoms with van der Waals surface area (Å²) in [6.45, 7) is 8.27. The van der Waals surface area contributed by atoms with Gasteiger partial charge in [-0.25, -0.2) is 0 Å². The average molecular weight is 412 g/mol. The first-order chi connectivity index (χ1) is 14.5. The van der Waals surface area contributed by atoms with Gasteiger partial charge >= 0.3 is 0 Å². The Morgan fingerprint density at radius 3 is 2.50 bits per heavy atom. The van der Waals surface area contributed by atoms with Crippen molar-refractivity contribution < 1.29 is 14.0 Å². The molecule has 1 aliphatic rings. The Hall–Kier alpha value is -2.60. The number of likely N-dealkylation sites (tertiary alicyclic amines) is 1. The van der Waals surface area contributed by atoms with Crippen LogP contribution >= 0.6 is 0 Å². The molecule has 1 saturated heterocycles. The molecule has 6 heteroatoms. The zero-order valence-electron chi connectivity index (χ0n) is 18.2. The van der Waals surface area contributed by atoms with Crippen LogP contribution in [0, 0.1) is 13.8 Å². The van der Waals surface area contributed by atoms with Crippen molar-refractivity contribution >= 4 is 11.8 Å². The summed E-state index contributed by atoms with van der Waals surface area (Å²) in [5, 5.41) is 3.01. The van der Waals surface area contributed by atoms with Gasteiger partial charge in [0.15, 0.2) is 0 Å². The van der Waals surface area contributed by atoms with Crippen LogP contribution in [0.15, 0.2) is 40.8 Å². The summed E-state index contributed by atoms with van der Waals surface area (Å²) in [6, 6.07) is 11.6. The van der Waals surface area contributed by atoms with Gasteiger partial charge < -0.3 is 19.5 Å². The maximum absolute atomic E-state index is 13.1. The molecule has 1 fully saturated rings. The number of aryl methyl sites for hydroxylation is 2. The van der Waals surface area contributed by atoms with E-state index in [1.165, 1.54) is 19.3 Å². The van der Waals surface area contributed by atoms with E-state index < -0.39 is 0 Å². The smallest absolute Gasteiger partial charge is 0.257 e. The summed E-state index contributed by atoms with van der Waals surface area (Å²) in [4.78, 5) is 29.7. The molecule has 0 atom stereocenters. The van der Waals surface area contributed by atoms with Crippen LogP contribution < -0.4 is 5.32 Å². The van der Waals surface area contributed by atoms with Gasteiger partial charge in [-0.3, -0.25) is 9.59 Å². The van der Waals surface area contributed by atoms with Crippen LogP contribution in [0.4, 0.5) is 0 Å². The van der Waals surface area contributed by atoms with Gasteiger partial charge in [-0.2, -0.15) is 0 Å². The van der Waals surface area contributed by atoms with Crippen molar-refractivity contribution in [2.24, 2.45) is 0 Å². The topological polar surface area (TPSA) is 65.8 Å². The number of carbonyl (C=O) groups excluding carboxylic acids is 2. The van der Waals surface area contributed by atoms with Crippen LogP contribution in [0.2, 0.25) is 0 Å². The molecule has 0 unspecified atom stereocenters. The largest absolute Gasteiger partial charge is 0.466 e. The number of nitrogens with zero attached hydrogens (tertiary/aromatic N) is 2. The number of amides is 2. The summed E-state index contributed by atoms with van der Waals surface area (Å²) in [5.74, 6) is 1.21. The fourth-order valence-electron chi connectivity index (χ4n) is 3.93. The van der Waals surface area contributed by atoms with Gasteiger partial charge in [0.05, 0.1) is 5.56 Å². The minimum Gasteiger partial charge on any atom is -0.466 e. The Kier molecular flexibility index (Phi) is 8.08. The van der Waals surface area contributed by atoms with E-state index >= 15 is 0 Å². The van der Waals surface area contributed by atoms with Gasteiger partial charge in [0, 0.05) is 32.6 Å². The van der Waals surface area contributed by atoms with Crippen LogP contribution in [-0.2, 0) is 11.3 Å². The molecular formula is C24H33N3O3. The van der Waals surface area contributed by atoms with E-state index in [1.54, 1.807) is 17.9 Å². The lowest BCUT2D eigenvalue weighted by Crippen LogP contribution is -2.39. The standard InChI is InChI=1S/C24H33N3O3/c1-19-17-22(20(2)30-19)24(29)27(18-21-9-5-3-6-10-21)15-11-23(28)25-12-16-26-13-7-4-8-14-26/h3,5-6,9-10,17H,4,7-8,11-16,18H2,1-2H3,(H,25,28). The van der Waals surface area contributed by atoms with Crippen molar-refractivity contribution in [3.05, 3.63) is 59.0 Å². The molecule has 0 bridgehead atoms. The van der Waals surface area contributed by atoms with Crippen molar-refractivity contribution in [3.8, 4) is 0 Å². The Balaban J connectivity index is 1.55. The second-order valence-corrected chi connectivity index (χ2v) is 8.04. The van der Waals surface area contributed by atoms with Crippen molar-refractivity contribution in [2.45, 2.75) is 46.1 Å².